The first-order valence-corrected chi connectivity index (χ1v) is 9.50. The van der Waals surface area contributed by atoms with Gasteiger partial charge < -0.3 is 0 Å². The smallest absolute Gasteiger partial charge is 0.166 e. The van der Waals surface area contributed by atoms with Crippen LogP contribution >= 0.6 is 0 Å². The van der Waals surface area contributed by atoms with Crippen molar-refractivity contribution in [1.29, 1.82) is 5.26 Å². The molecule has 2 unspecified atom stereocenters. The molecule has 0 N–H and O–H groups in total. The molecule has 2 aliphatic heterocycles. The van der Waals surface area contributed by atoms with Gasteiger partial charge in [-0.3, -0.25) is 9.69 Å². The molecule has 4 rings (SSSR count). The van der Waals surface area contributed by atoms with E-state index < -0.39 is 0 Å². The Morgan fingerprint density at radius 2 is 1.81 bits per heavy atom. The predicted molar refractivity (Wildman–Crippen MR) is 102 cm³/mol. The monoisotopic (exact) mass is 344 g/mol. The highest BCUT2D eigenvalue weighted by atomic mass is 16.1. The third-order valence-corrected chi connectivity index (χ3v) is 6.11. The van der Waals surface area contributed by atoms with Crippen molar-refractivity contribution in [2.24, 2.45) is 5.92 Å². The van der Waals surface area contributed by atoms with Crippen LogP contribution in [0.2, 0.25) is 0 Å². The van der Waals surface area contributed by atoms with E-state index in [0.29, 0.717) is 23.2 Å². The van der Waals surface area contributed by atoms with Crippen LogP contribution in [0.3, 0.4) is 0 Å². The summed E-state index contributed by atoms with van der Waals surface area (Å²) in [5.41, 5.74) is 3.60. The summed E-state index contributed by atoms with van der Waals surface area (Å²) in [5.74, 6) is 0.312. The molecule has 0 amide bonds. The largest absolute Gasteiger partial charge is 0.294 e. The summed E-state index contributed by atoms with van der Waals surface area (Å²) in [5, 5.41) is 9.24. The summed E-state index contributed by atoms with van der Waals surface area (Å²) < 4.78 is 0. The van der Waals surface area contributed by atoms with Crippen LogP contribution in [0.25, 0.3) is 0 Å². The zero-order valence-electron chi connectivity index (χ0n) is 15.2. The first kappa shape index (κ1) is 17.0. The summed E-state index contributed by atoms with van der Waals surface area (Å²) in [6.45, 7) is 2.90. The van der Waals surface area contributed by atoms with Crippen LogP contribution in [0.15, 0.2) is 48.5 Å². The van der Waals surface area contributed by atoms with Gasteiger partial charge in [0.15, 0.2) is 5.78 Å². The van der Waals surface area contributed by atoms with E-state index >= 15 is 0 Å². The van der Waals surface area contributed by atoms with E-state index in [9.17, 15) is 10.1 Å². The lowest BCUT2D eigenvalue weighted by Gasteiger charge is -2.38. The highest BCUT2D eigenvalue weighted by molar-refractivity contribution is 5.98. The first-order valence-electron chi connectivity index (χ1n) is 9.50. The van der Waals surface area contributed by atoms with Crippen LogP contribution in [0.5, 0.6) is 0 Å². The Morgan fingerprint density at radius 3 is 2.46 bits per heavy atom. The number of Topliss-reactive ketones (excluding diaryl/α,β-unsaturated/α-hetero) is 1. The number of hydrogen-bond acceptors (Lipinski definition) is 3. The standard InChI is InChI=1S/C23H24N2O/c1-16-7-8-18(11-20(16)14-24)23(26)19-12-21-9-10-22(13-19)25(21)15-17-5-3-2-4-6-17/h2-8,11,19,21-22H,9-10,12-13,15H2,1H3. The van der Waals surface area contributed by atoms with E-state index in [1.165, 1.54) is 18.4 Å². The fourth-order valence-corrected chi connectivity index (χ4v) is 4.67. The summed E-state index contributed by atoms with van der Waals surface area (Å²) >= 11 is 0. The Morgan fingerprint density at radius 1 is 1.12 bits per heavy atom. The van der Waals surface area contributed by atoms with E-state index in [1.807, 2.05) is 19.1 Å². The van der Waals surface area contributed by atoms with Gasteiger partial charge in [-0.15, -0.1) is 0 Å². The van der Waals surface area contributed by atoms with Gasteiger partial charge in [0.05, 0.1) is 11.6 Å². The number of carbonyl (C=O) groups excluding carboxylic acids is 1. The van der Waals surface area contributed by atoms with Gasteiger partial charge >= 0.3 is 0 Å². The molecule has 0 spiro atoms. The maximum absolute atomic E-state index is 13.0. The maximum Gasteiger partial charge on any atom is 0.166 e. The minimum absolute atomic E-state index is 0.0915. The van der Waals surface area contributed by atoms with Crippen molar-refractivity contribution in [2.45, 2.75) is 51.2 Å². The minimum Gasteiger partial charge on any atom is -0.294 e. The number of rotatable bonds is 4. The lowest BCUT2D eigenvalue weighted by atomic mass is 9.84. The van der Waals surface area contributed by atoms with Crippen LogP contribution in [-0.4, -0.2) is 22.8 Å². The van der Waals surface area contributed by atoms with Crippen LogP contribution in [-0.2, 0) is 6.54 Å². The summed E-state index contributed by atoms with van der Waals surface area (Å²) in [6.07, 6.45) is 4.27. The average Bonchev–Trinajstić information content (AvgIpc) is 2.90. The second-order valence-electron chi connectivity index (χ2n) is 7.72. The summed E-state index contributed by atoms with van der Waals surface area (Å²) in [6, 6.07) is 19.4. The van der Waals surface area contributed by atoms with E-state index in [-0.39, 0.29) is 11.7 Å². The van der Waals surface area contributed by atoms with Gasteiger partial charge in [-0.1, -0.05) is 42.5 Å². The Kier molecular flexibility index (Phi) is 4.61. The maximum atomic E-state index is 13.0. The number of ketones is 1. The van der Waals surface area contributed by atoms with Crippen molar-refractivity contribution in [3.8, 4) is 6.07 Å². The molecular formula is C23H24N2O. The number of nitrogens with zero attached hydrogens (tertiary/aromatic N) is 2. The summed E-state index contributed by atoms with van der Waals surface area (Å²) in [4.78, 5) is 15.6. The number of benzene rings is 2. The van der Waals surface area contributed by atoms with E-state index in [0.717, 1.165) is 24.9 Å². The molecule has 2 aromatic carbocycles. The van der Waals surface area contributed by atoms with Gasteiger partial charge in [0, 0.05) is 30.1 Å². The van der Waals surface area contributed by atoms with Gasteiger partial charge in [-0.25, -0.2) is 0 Å². The quantitative estimate of drug-likeness (QED) is 0.768. The zero-order chi connectivity index (χ0) is 18.1. The summed E-state index contributed by atoms with van der Waals surface area (Å²) in [7, 11) is 0. The molecule has 3 heteroatoms. The molecule has 2 heterocycles. The number of fused-ring (bicyclic) bond motifs is 2. The molecule has 0 radical (unpaired) electrons. The minimum atomic E-state index is 0.0915. The Labute approximate surface area is 155 Å². The van der Waals surface area contributed by atoms with Crippen molar-refractivity contribution in [3.63, 3.8) is 0 Å². The molecule has 3 nitrogen and oxygen atoms in total. The molecule has 2 aromatic rings. The number of nitriles is 1. The van der Waals surface area contributed by atoms with Crippen molar-refractivity contribution < 1.29 is 4.79 Å². The molecule has 2 bridgehead atoms. The fraction of sp³-hybridized carbons (Fsp3) is 0.391. The van der Waals surface area contributed by atoms with E-state index in [4.69, 9.17) is 0 Å². The number of carbonyl (C=O) groups is 1. The molecular weight excluding hydrogens is 320 g/mol. The topological polar surface area (TPSA) is 44.1 Å². The van der Waals surface area contributed by atoms with Gasteiger partial charge in [-0.2, -0.15) is 5.26 Å². The third kappa shape index (κ3) is 3.18. The Bertz CT molecular complexity index is 838. The highest BCUT2D eigenvalue weighted by Crippen LogP contribution is 2.40. The van der Waals surface area contributed by atoms with Gasteiger partial charge in [0.1, 0.15) is 0 Å². The SMILES string of the molecule is Cc1ccc(C(=O)C2CC3CCC(C2)N3Cc2ccccc2)cc1C#N. The zero-order valence-corrected chi connectivity index (χ0v) is 15.2. The lowest BCUT2D eigenvalue weighted by molar-refractivity contribution is 0.0678. The number of piperidine rings is 1. The number of aryl methyl sites for hydroxylation is 1. The van der Waals surface area contributed by atoms with Crippen LogP contribution in [0.1, 0.15) is 52.7 Å². The van der Waals surface area contributed by atoms with E-state index in [2.05, 4.69) is 41.3 Å². The Balaban J connectivity index is 1.48. The van der Waals surface area contributed by atoms with Crippen LogP contribution in [0.4, 0.5) is 0 Å². The second-order valence-corrected chi connectivity index (χ2v) is 7.72. The van der Waals surface area contributed by atoms with Gasteiger partial charge in [0.25, 0.3) is 0 Å². The molecule has 2 atom stereocenters. The molecule has 0 aromatic heterocycles. The van der Waals surface area contributed by atoms with Gasteiger partial charge in [-0.05, 0) is 49.8 Å². The van der Waals surface area contributed by atoms with Crippen molar-refractivity contribution in [1.82, 2.24) is 4.90 Å². The number of hydrogen-bond donors (Lipinski definition) is 0. The molecule has 0 saturated carbocycles. The molecule has 0 aliphatic carbocycles. The van der Waals surface area contributed by atoms with Crippen molar-refractivity contribution in [3.05, 3.63) is 70.8 Å². The first-order chi connectivity index (χ1) is 12.7. The molecule has 2 saturated heterocycles. The molecule has 132 valence electrons. The fourth-order valence-electron chi connectivity index (χ4n) is 4.67. The highest BCUT2D eigenvalue weighted by Gasteiger charge is 2.42. The molecule has 26 heavy (non-hydrogen) atoms. The lowest BCUT2D eigenvalue weighted by Crippen LogP contribution is -2.44. The molecule has 2 fully saturated rings. The molecule has 2 aliphatic rings. The van der Waals surface area contributed by atoms with Gasteiger partial charge in [0.2, 0.25) is 0 Å². The van der Waals surface area contributed by atoms with Crippen molar-refractivity contribution in [2.75, 3.05) is 0 Å². The van der Waals surface area contributed by atoms with Crippen LogP contribution in [0, 0.1) is 24.2 Å². The van der Waals surface area contributed by atoms with Crippen molar-refractivity contribution >= 4 is 5.78 Å². The normalized spacial score (nSPS) is 25.0. The van der Waals surface area contributed by atoms with Crippen LogP contribution < -0.4 is 0 Å². The van der Waals surface area contributed by atoms with E-state index in [1.54, 1.807) is 6.07 Å². The third-order valence-electron chi connectivity index (χ3n) is 6.11. The predicted octanol–water partition coefficient (Wildman–Crippen LogP) is 4.49. The second kappa shape index (κ2) is 7.05. The Hall–Kier alpha value is -2.44. The average molecular weight is 344 g/mol.